The van der Waals surface area contributed by atoms with Gasteiger partial charge in [0.2, 0.25) is 0 Å². The Hall–Kier alpha value is -2.05. The summed E-state index contributed by atoms with van der Waals surface area (Å²) in [6.45, 7) is 0.0473. The molecule has 2 aromatic carbocycles. The first kappa shape index (κ1) is 24.1. The van der Waals surface area contributed by atoms with E-state index in [0.717, 1.165) is 51.4 Å². The Labute approximate surface area is 194 Å². The first-order valence-corrected chi connectivity index (χ1v) is 11.9. The predicted molar refractivity (Wildman–Crippen MR) is 121 cm³/mol. The topological polar surface area (TPSA) is 27.7 Å². The van der Waals surface area contributed by atoms with Gasteiger partial charge >= 0.3 is 0 Å². The van der Waals surface area contributed by atoms with Gasteiger partial charge in [-0.25, -0.2) is 13.2 Å². The van der Waals surface area contributed by atoms with Gasteiger partial charge in [0.25, 0.3) is 0 Å². The third-order valence-corrected chi connectivity index (χ3v) is 7.44. The Balaban J connectivity index is 1.30. The molecule has 2 aliphatic rings. The van der Waals surface area contributed by atoms with Crippen molar-refractivity contribution in [3.8, 4) is 5.75 Å². The highest BCUT2D eigenvalue weighted by Gasteiger charge is 2.28. The van der Waals surface area contributed by atoms with Crippen molar-refractivity contribution in [2.24, 2.45) is 0 Å². The molecule has 2 aliphatic carbocycles. The third-order valence-electron chi connectivity index (χ3n) is 7.44. The van der Waals surface area contributed by atoms with Gasteiger partial charge < -0.3 is 14.2 Å². The fourth-order valence-electron chi connectivity index (χ4n) is 5.35. The maximum absolute atomic E-state index is 14.8. The quantitative estimate of drug-likeness (QED) is 0.442. The first-order chi connectivity index (χ1) is 16.0. The Morgan fingerprint density at radius 1 is 0.727 bits per heavy atom. The van der Waals surface area contributed by atoms with Crippen molar-refractivity contribution in [2.75, 3.05) is 14.2 Å². The Bertz CT molecular complexity index is 932. The van der Waals surface area contributed by atoms with Crippen LogP contribution in [-0.2, 0) is 16.1 Å². The molecule has 0 heterocycles. The molecule has 0 bridgehead atoms. The van der Waals surface area contributed by atoms with E-state index < -0.39 is 11.6 Å². The van der Waals surface area contributed by atoms with Crippen LogP contribution in [-0.4, -0.2) is 26.4 Å². The molecule has 2 saturated carbocycles. The summed E-state index contributed by atoms with van der Waals surface area (Å²) in [5.74, 6) is -1.10. The molecule has 0 N–H and O–H groups in total. The minimum absolute atomic E-state index is 0.0333. The maximum atomic E-state index is 14.8. The molecule has 0 aromatic heterocycles. The van der Waals surface area contributed by atoms with Crippen molar-refractivity contribution in [1.82, 2.24) is 0 Å². The summed E-state index contributed by atoms with van der Waals surface area (Å²) in [6, 6.07) is 8.38. The monoisotopic (exact) mass is 462 g/mol. The molecule has 0 amide bonds. The zero-order valence-corrected chi connectivity index (χ0v) is 19.4. The fourth-order valence-corrected chi connectivity index (χ4v) is 5.35. The van der Waals surface area contributed by atoms with Crippen molar-refractivity contribution >= 4 is 0 Å². The number of methoxy groups -OCH3 is 2. The van der Waals surface area contributed by atoms with Gasteiger partial charge in [-0.2, -0.15) is 0 Å². The Morgan fingerprint density at radius 3 is 1.94 bits per heavy atom. The molecule has 2 aromatic rings. The van der Waals surface area contributed by atoms with Gasteiger partial charge in [0.1, 0.15) is 11.6 Å². The van der Waals surface area contributed by atoms with Crippen LogP contribution in [0.25, 0.3) is 0 Å². The lowest BCUT2D eigenvalue weighted by Crippen LogP contribution is -2.22. The van der Waals surface area contributed by atoms with Gasteiger partial charge in [-0.15, -0.1) is 0 Å². The highest BCUT2D eigenvalue weighted by atomic mass is 19.2. The summed E-state index contributed by atoms with van der Waals surface area (Å²) in [7, 11) is 3.22. The summed E-state index contributed by atoms with van der Waals surface area (Å²) >= 11 is 0. The number of hydrogen-bond acceptors (Lipinski definition) is 3. The van der Waals surface area contributed by atoms with Crippen LogP contribution in [0.4, 0.5) is 13.2 Å². The van der Waals surface area contributed by atoms with E-state index in [4.69, 9.17) is 14.2 Å². The Morgan fingerprint density at radius 2 is 1.33 bits per heavy atom. The SMILES string of the molecule is COc1ccc(C2CCC(OCc3ccc(C4CCC(OC)CC4)c(F)c3F)CC2)c(F)c1. The van der Waals surface area contributed by atoms with Crippen LogP contribution in [0, 0.1) is 17.5 Å². The number of hydrogen-bond donors (Lipinski definition) is 0. The number of ether oxygens (including phenoxy) is 3. The van der Waals surface area contributed by atoms with Crippen molar-refractivity contribution < 1.29 is 27.4 Å². The summed E-state index contributed by atoms with van der Waals surface area (Å²) in [4.78, 5) is 0. The van der Waals surface area contributed by atoms with Gasteiger partial charge in [-0.05, 0) is 80.4 Å². The van der Waals surface area contributed by atoms with E-state index >= 15 is 0 Å². The van der Waals surface area contributed by atoms with E-state index in [9.17, 15) is 13.2 Å². The predicted octanol–water partition coefficient (Wildman–Crippen LogP) is 7.03. The minimum Gasteiger partial charge on any atom is -0.497 e. The lowest BCUT2D eigenvalue weighted by molar-refractivity contribution is 0.0116. The molecule has 0 radical (unpaired) electrons. The molecule has 0 spiro atoms. The van der Waals surface area contributed by atoms with E-state index in [2.05, 4.69) is 0 Å². The normalized spacial score (nSPS) is 25.7. The Kier molecular flexibility index (Phi) is 7.97. The van der Waals surface area contributed by atoms with Crippen LogP contribution in [0.3, 0.4) is 0 Å². The first-order valence-electron chi connectivity index (χ1n) is 11.9. The molecule has 3 nitrogen and oxygen atoms in total. The van der Waals surface area contributed by atoms with Crippen molar-refractivity contribution in [3.63, 3.8) is 0 Å². The van der Waals surface area contributed by atoms with Gasteiger partial charge in [0, 0.05) is 18.7 Å². The highest BCUT2D eigenvalue weighted by Crippen LogP contribution is 2.38. The number of rotatable bonds is 7. The average Bonchev–Trinajstić information content (AvgIpc) is 2.85. The molecule has 0 unspecified atom stereocenters. The molecule has 33 heavy (non-hydrogen) atoms. The van der Waals surface area contributed by atoms with Crippen LogP contribution in [0.1, 0.15) is 79.9 Å². The van der Waals surface area contributed by atoms with Crippen LogP contribution in [0.15, 0.2) is 30.3 Å². The highest BCUT2D eigenvalue weighted by molar-refractivity contribution is 5.31. The van der Waals surface area contributed by atoms with Gasteiger partial charge in [0.05, 0.1) is 25.9 Å². The van der Waals surface area contributed by atoms with Gasteiger partial charge in [-0.1, -0.05) is 18.2 Å². The van der Waals surface area contributed by atoms with Crippen molar-refractivity contribution in [2.45, 2.75) is 82.0 Å². The second kappa shape index (κ2) is 10.9. The smallest absolute Gasteiger partial charge is 0.164 e. The molecule has 0 aliphatic heterocycles. The van der Waals surface area contributed by atoms with Crippen LogP contribution >= 0.6 is 0 Å². The van der Waals surface area contributed by atoms with Crippen molar-refractivity contribution in [1.29, 1.82) is 0 Å². The van der Waals surface area contributed by atoms with E-state index in [1.807, 2.05) is 0 Å². The van der Waals surface area contributed by atoms with Gasteiger partial charge in [-0.3, -0.25) is 0 Å². The van der Waals surface area contributed by atoms with E-state index in [1.165, 1.54) is 13.2 Å². The lowest BCUT2D eigenvalue weighted by atomic mass is 9.82. The zero-order valence-electron chi connectivity index (χ0n) is 19.4. The molecule has 0 saturated heterocycles. The van der Waals surface area contributed by atoms with Crippen LogP contribution < -0.4 is 4.74 Å². The maximum Gasteiger partial charge on any atom is 0.164 e. The molecule has 6 heteroatoms. The summed E-state index contributed by atoms with van der Waals surface area (Å²) in [5.41, 5.74) is 1.43. The minimum atomic E-state index is -0.796. The van der Waals surface area contributed by atoms with E-state index in [-0.39, 0.29) is 42.0 Å². The second-order valence-corrected chi connectivity index (χ2v) is 9.32. The van der Waals surface area contributed by atoms with E-state index in [1.54, 1.807) is 31.4 Å². The molecule has 0 atom stereocenters. The number of halogens is 3. The fraction of sp³-hybridized carbons (Fsp3) is 0.556. The summed E-state index contributed by atoms with van der Waals surface area (Å²) in [6.07, 6.45) is 6.67. The summed E-state index contributed by atoms with van der Waals surface area (Å²) < 4.78 is 60.4. The van der Waals surface area contributed by atoms with E-state index in [0.29, 0.717) is 16.9 Å². The largest absolute Gasteiger partial charge is 0.497 e. The molecular weight excluding hydrogens is 429 g/mol. The lowest BCUT2D eigenvalue weighted by Gasteiger charge is -2.29. The second-order valence-electron chi connectivity index (χ2n) is 9.32. The van der Waals surface area contributed by atoms with Crippen molar-refractivity contribution in [3.05, 3.63) is 64.5 Å². The molecule has 4 rings (SSSR count). The zero-order chi connectivity index (χ0) is 23.4. The molecule has 2 fully saturated rings. The van der Waals surface area contributed by atoms with Crippen LogP contribution in [0.5, 0.6) is 5.75 Å². The van der Waals surface area contributed by atoms with Crippen LogP contribution in [0.2, 0.25) is 0 Å². The van der Waals surface area contributed by atoms with Gasteiger partial charge in [0.15, 0.2) is 11.6 Å². The number of benzene rings is 2. The third kappa shape index (κ3) is 5.55. The molecule has 180 valence electrons. The standard InChI is InChI=1S/C27H33F3O3/c1-31-20-8-3-18(4-9-20)24-13-7-19(26(29)27(24)30)16-33-21-10-5-17(6-11-21)23-14-12-22(32-2)15-25(23)28/h7,12-15,17-18,20-21H,3-6,8-11,16H2,1-2H3. The molecular formula is C27H33F3O3. The average molecular weight is 463 g/mol. The summed E-state index contributed by atoms with van der Waals surface area (Å²) in [5, 5.41) is 0.